The molecule has 82 valence electrons. The fourth-order valence-corrected chi connectivity index (χ4v) is 1.49. The minimum absolute atomic E-state index is 0.00704. The molecule has 1 rings (SSSR count). The van der Waals surface area contributed by atoms with Gasteiger partial charge in [-0.3, -0.25) is 4.79 Å². The Bertz CT molecular complexity index is 347. The molecule has 0 radical (unpaired) electrons. The first kappa shape index (κ1) is 11.7. The largest absolute Gasteiger partial charge is 0.340 e. The van der Waals surface area contributed by atoms with Crippen molar-refractivity contribution in [1.29, 1.82) is 0 Å². The van der Waals surface area contributed by atoms with Crippen molar-refractivity contribution in [3.8, 4) is 0 Å². The van der Waals surface area contributed by atoms with Crippen LogP contribution in [-0.2, 0) is 0 Å². The van der Waals surface area contributed by atoms with Gasteiger partial charge in [0.05, 0.1) is 0 Å². The van der Waals surface area contributed by atoms with E-state index >= 15 is 0 Å². The van der Waals surface area contributed by atoms with Gasteiger partial charge in [-0.25, -0.2) is 4.98 Å². The molecule has 0 aromatic carbocycles. The number of rotatable bonds is 3. The van der Waals surface area contributed by atoms with Crippen molar-refractivity contribution in [1.82, 2.24) is 9.88 Å². The highest BCUT2D eigenvalue weighted by Gasteiger charge is 2.13. The second kappa shape index (κ2) is 4.91. The van der Waals surface area contributed by atoms with Crippen LogP contribution in [0.4, 0.5) is 0 Å². The van der Waals surface area contributed by atoms with Crippen molar-refractivity contribution in [2.75, 3.05) is 13.6 Å². The van der Waals surface area contributed by atoms with Gasteiger partial charge < -0.3 is 4.90 Å². The molecule has 0 N–H and O–H groups in total. The highest BCUT2D eigenvalue weighted by atomic mass is 16.2. The molecule has 1 aromatic heterocycles. The molecule has 0 spiro atoms. The van der Waals surface area contributed by atoms with E-state index < -0.39 is 0 Å². The van der Waals surface area contributed by atoms with Gasteiger partial charge in [0, 0.05) is 19.3 Å². The van der Waals surface area contributed by atoms with E-state index in [0.717, 1.165) is 12.2 Å². The fourth-order valence-electron chi connectivity index (χ4n) is 1.49. The Morgan fingerprint density at radius 2 is 2.13 bits per heavy atom. The van der Waals surface area contributed by atoms with Gasteiger partial charge in [0.25, 0.3) is 5.91 Å². The molecule has 0 aliphatic heterocycles. The second-order valence-electron chi connectivity index (χ2n) is 4.24. The molecule has 0 saturated heterocycles. The zero-order valence-electron chi connectivity index (χ0n) is 9.82. The third kappa shape index (κ3) is 3.35. The zero-order chi connectivity index (χ0) is 11.4. The van der Waals surface area contributed by atoms with Crippen LogP contribution >= 0.6 is 0 Å². The van der Waals surface area contributed by atoms with Gasteiger partial charge >= 0.3 is 0 Å². The maximum Gasteiger partial charge on any atom is 0.272 e. The molecular weight excluding hydrogens is 188 g/mol. The van der Waals surface area contributed by atoms with Crippen molar-refractivity contribution in [2.24, 2.45) is 5.92 Å². The lowest BCUT2D eigenvalue weighted by atomic mass is 10.2. The van der Waals surface area contributed by atoms with Gasteiger partial charge in [0.2, 0.25) is 0 Å². The number of carbonyl (C=O) groups excluding carboxylic acids is 1. The predicted octanol–water partition coefficient (Wildman–Crippen LogP) is 2.12. The van der Waals surface area contributed by atoms with Gasteiger partial charge in [-0.1, -0.05) is 19.9 Å². The number of aromatic nitrogens is 1. The van der Waals surface area contributed by atoms with E-state index in [9.17, 15) is 4.79 Å². The summed E-state index contributed by atoms with van der Waals surface area (Å²) < 4.78 is 0. The van der Waals surface area contributed by atoms with Gasteiger partial charge in [-0.2, -0.15) is 0 Å². The molecule has 3 nitrogen and oxygen atoms in total. The number of nitrogens with zero attached hydrogens (tertiary/aromatic N) is 2. The number of amides is 1. The Labute approximate surface area is 91.1 Å². The van der Waals surface area contributed by atoms with E-state index in [4.69, 9.17) is 0 Å². The van der Waals surface area contributed by atoms with Crippen molar-refractivity contribution >= 4 is 5.91 Å². The first-order valence-electron chi connectivity index (χ1n) is 5.20. The molecule has 0 bridgehead atoms. The average Bonchev–Trinajstić information content (AvgIpc) is 2.15. The summed E-state index contributed by atoms with van der Waals surface area (Å²) in [5.74, 6) is 0.469. The van der Waals surface area contributed by atoms with Crippen LogP contribution in [0.5, 0.6) is 0 Å². The number of hydrogen-bond acceptors (Lipinski definition) is 2. The van der Waals surface area contributed by atoms with Crippen molar-refractivity contribution < 1.29 is 4.79 Å². The van der Waals surface area contributed by atoms with Gasteiger partial charge in [0.1, 0.15) is 5.69 Å². The Balaban J connectivity index is 2.76. The summed E-state index contributed by atoms with van der Waals surface area (Å²) in [5.41, 5.74) is 1.40. The van der Waals surface area contributed by atoms with Gasteiger partial charge in [0.15, 0.2) is 0 Å². The number of carbonyl (C=O) groups is 1. The Hall–Kier alpha value is -1.38. The minimum Gasteiger partial charge on any atom is -0.340 e. The molecule has 0 unspecified atom stereocenters. The third-order valence-corrected chi connectivity index (χ3v) is 2.09. The number of pyridine rings is 1. The van der Waals surface area contributed by atoms with Crippen LogP contribution in [0.15, 0.2) is 18.2 Å². The minimum atomic E-state index is -0.00704. The van der Waals surface area contributed by atoms with E-state index in [2.05, 4.69) is 18.8 Å². The van der Waals surface area contributed by atoms with Crippen LogP contribution in [0.25, 0.3) is 0 Å². The Morgan fingerprint density at radius 3 is 2.67 bits per heavy atom. The topological polar surface area (TPSA) is 33.2 Å². The normalized spacial score (nSPS) is 10.5. The summed E-state index contributed by atoms with van der Waals surface area (Å²) in [6.07, 6.45) is 0. The number of hydrogen-bond donors (Lipinski definition) is 0. The quantitative estimate of drug-likeness (QED) is 0.759. The summed E-state index contributed by atoms with van der Waals surface area (Å²) in [4.78, 5) is 17.8. The lowest BCUT2D eigenvalue weighted by Gasteiger charge is -2.18. The van der Waals surface area contributed by atoms with E-state index in [-0.39, 0.29) is 5.91 Å². The van der Waals surface area contributed by atoms with E-state index in [1.54, 1.807) is 11.0 Å². The van der Waals surface area contributed by atoms with Crippen molar-refractivity contribution in [2.45, 2.75) is 20.8 Å². The molecular formula is C12H18N2O. The SMILES string of the molecule is Cc1cccc(C(=O)N(C)CC(C)C)n1. The highest BCUT2D eigenvalue weighted by Crippen LogP contribution is 2.04. The zero-order valence-corrected chi connectivity index (χ0v) is 9.82. The maximum atomic E-state index is 11.9. The smallest absolute Gasteiger partial charge is 0.272 e. The standard InChI is InChI=1S/C12H18N2O/c1-9(2)8-14(4)12(15)11-7-5-6-10(3)13-11/h5-7,9H,8H2,1-4H3. The van der Waals surface area contributed by atoms with Crippen LogP contribution in [0.2, 0.25) is 0 Å². The summed E-state index contributed by atoms with van der Waals surface area (Å²) in [6.45, 7) is 6.83. The van der Waals surface area contributed by atoms with Crippen molar-refractivity contribution in [3.63, 3.8) is 0 Å². The van der Waals surface area contributed by atoms with E-state index in [1.165, 1.54) is 0 Å². The second-order valence-corrected chi connectivity index (χ2v) is 4.24. The molecule has 0 fully saturated rings. The molecule has 1 heterocycles. The van der Waals surface area contributed by atoms with Gasteiger partial charge in [-0.15, -0.1) is 0 Å². The lowest BCUT2D eigenvalue weighted by molar-refractivity contribution is 0.0773. The Morgan fingerprint density at radius 1 is 1.47 bits per heavy atom. The van der Waals surface area contributed by atoms with Crippen LogP contribution in [0, 0.1) is 12.8 Å². The molecule has 1 aromatic rings. The monoisotopic (exact) mass is 206 g/mol. The highest BCUT2D eigenvalue weighted by molar-refractivity contribution is 5.92. The van der Waals surface area contributed by atoms with Gasteiger partial charge in [-0.05, 0) is 25.0 Å². The molecule has 3 heteroatoms. The first-order chi connectivity index (χ1) is 7.00. The summed E-state index contributed by atoms with van der Waals surface area (Å²) >= 11 is 0. The third-order valence-electron chi connectivity index (χ3n) is 2.09. The maximum absolute atomic E-state index is 11.9. The number of aryl methyl sites for hydroxylation is 1. The molecule has 0 saturated carbocycles. The average molecular weight is 206 g/mol. The van der Waals surface area contributed by atoms with E-state index in [0.29, 0.717) is 11.6 Å². The first-order valence-corrected chi connectivity index (χ1v) is 5.20. The molecule has 15 heavy (non-hydrogen) atoms. The van der Waals surface area contributed by atoms with Crippen LogP contribution in [-0.4, -0.2) is 29.4 Å². The fraction of sp³-hybridized carbons (Fsp3) is 0.500. The Kier molecular flexibility index (Phi) is 3.83. The lowest BCUT2D eigenvalue weighted by Crippen LogP contribution is -2.30. The van der Waals surface area contributed by atoms with E-state index in [1.807, 2.05) is 26.1 Å². The molecule has 0 aliphatic carbocycles. The molecule has 0 aliphatic rings. The summed E-state index contributed by atoms with van der Waals surface area (Å²) in [7, 11) is 1.81. The predicted molar refractivity (Wildman–Crippen MR) is 60.8 cm³/mol. The summed E-state index contributed by atoms with van der Waals surface area (Å²) in [5, 5.41) is 0. The van der Waals surface area contributed by atoms with Crippen LogP contribution < -0.4 is 0 Å². The molecule has 0 atom stereocenters. The van der Waals surface area contributed by atoms with Crippen LogP contribution in [0.3, 0.4) is 0 Å². The van der Waals surface area contributed by atoms with Crippen molar-refractivity contribution in [3.05, 3.63) is 29.6 Å². The molecule has 1 amide bonds. The summed E-state index contributed by atoms with van der Waals surface area (Å²) in [6, 6.07) is 5.50. The van der Waals surface area contributed by atoms with Crippen LogP contribution in [0.1, 0.15) is 30.0 Å².